The molecule has 0 aliphatic carbocycles. The maximum absolute atomic E-state index is 15.0. The number of aryl methyl sites for hydroxylation is 1. The zero-order valence-electron chi connectivity index (χ0n) is 17.9. The van der Waals surface area contributed by atoms with Crippen molar-refractivity contribution >= 4 is 22.6 Å². The number of hydrogen-bond donors (Lipinski definition) is 2. The summed E-state index contributed by atoms with van der Waals surface area (Å²) in [7, 11) is 1.47. The molecule has 10 heteroatoms. The van der Waals surface area contributed by atoms with Crippen molar-refractivity contribution in [2.24, 2.45) is 0 Å². The lowest BCUT2D eigenvalue weighted by molar-refractivity contribution is 0.0957. The van der Waals surface area contributed by atoms with Crippen LogP contribution in [0.5, 0.6) is 0 Å². The summed E-state index contributed by atoms with van der Waals surface area (Å²) in [4.78, 5) is 38.0. The maximum Gasteiger partial charge on any atom is 0.269 e. The molecular weight excluding hydrogens is 418 g/mol. The minimum Gasteiger partial charge on any atom is -0.367 e. The number of H-pyrrole nitrogens is 1. The molecule has 1 fully saturated rings. The molecule has 3 aromatic rings. The van der Waals surface area contributed by atoms with Gasteiger partial charge < -0.3 is 15.2 Å². The van der Waals surface area contributed by atoms with Gasteiger partial charge in [0.25, 0.3) is 11.5 Å². The van der Waals surface area contributed by atoms with Gasteiger partial charge in [-0.25, -0.2) is 14.4 Å². The minimum absolute atomic E-state index is 0.0275. The summed E-state index contributed by atoms with van der Waals surface area (Å²) in [6.07, 6.45) is 0.753. The summed E-state index contributed by atoms with van der Waals surface area (Å²) < 4.78 is 29.6. The van der Waals surface area contributed by atoms with Crippen molar-refractivity contribution in [1.29, 1.82) is 0 Å². The van der Waals surface area contributed by atoms with E-state index in [0.717, 1.165) is 6.42 Å². The lowest BCUT2D eigenvalue weighted by Crippen LogP contribution is -2.31. The molecule has 0 bridgehead atoms. The third-order valence-electron chi connectivity index (χ3n) is 5.67. The Hall–Kier alpha value is -3.40. The van der Waals surface area contributed by atoms with E-state index < -0.39 is 23.2 Å². The van der Waals surface area contributed by atoms with E-state index in [4.69, 9.17) is 0 Å². The highest BCUT2D eigenvalue weighted by Crippen LogP contribution is 2.22. The molecule has 0 spiro atoms. The second-order valence-corrected chi connectivity index (χ2v) is 7.79. The van der Waals surface area contributed by atoms with E-state index in [9.17, 15) is 14.0 Å². The van der Waals surface area contributed by atoms with Gasteiger partial charge in [0.1, 0.15) is 16.9 Å². The van der Waals surface area contributed by atoms with Crippen molar-refractivity contribution in [2.45, 2.75) is 19.9 Å². The first-order chi connectivity index (χ1) is 15.4. The quantitative estimate of drug-likeness (QED) is 0.600. The van der Waals surface area contributed by atoms with Crippen LogP contribution in [0.4, 0.5) is 14.5 Å². The largest absolute Gasteiger partial charge is 0.367 e. The monoisotopic (exact) mass is 442 g/mol. The lowest BCUT2D eigenvalue weighted by atomic mass is 10.1. The van der Waals surface area contributed by atoms with Gasteiger partial charge in [-0.15, -0.1) is 0 Å². The first-order valence-corrected chi connectivity index (χ1v) is 10.4. The average molecular weight is 442 g/mol. The molecular formula is C22H24F2N6O2. The van der Waals surface area contributed by atoms with Crippen LogP contribution in [0.2, 0.25) is 0 Å². The normalized spacial score (nSPS) is 15.1. The fourth-order valence-corrected chi connectivity index (χ4v) is 3.91. The number of amides is 1. The number of aromatic nitrogens is 3. The molecule has 2 N–H and O–H groups in total. The first-order valence-electron chi connectivity index (χ1n) is 10.4. The second kappa shape index (κ2) is 8.99. The van der Waals surface area contributed by atoms with E-state index in [-0.39, 0.29) is 11.2 Å². The number of rotatable bonds is 4. The molecule has 32 heavy (non-hydrogen) atoms. The van der Waals surface area contributed by atoms with Crippen LogP contribution in [0.3, 0.4) is 0 Å². The van der Waals surface area contributed by atoms with E-state index in [1.54, 1.807) is 25.1 Å². The van der Waals surface area contributed by atoms with Gasteiger partial charge in [-0.2, -0.15) is 4.39 Å². The van der Waals surface area contributed by atoms with Crippen LogP contribution < -0.4 is 15.8 Å². The molecule has 0 radical (unpaired) electrons. The molecule has 1 amide bonds. The fraction of sp³-hybridized carbons (Fsp3) is 0.364. The van der Waals surface area contributed by atoms with E-state index in [1.807, 2.05) is 4.90 Å². The Morgan fingerprint density at radius 2 is 1.94 bits per heavy atom. The number of halogens is 2. The number of fused-ring (bicyclic) bond motifs is 1. The molecule has 1 saturated heterocycles. The van der Waals surface area contributed by atoms with Crippen LogP contribution >= 0.6 is 0 Å². The molecule has 168 valence electrons. The Morgan fingerprint density at radius 3 is 2.69 bits per heavy atom. The molecule has 8 nitrogen and oxygen atoms in total. The molecule has 4 rings (SSSR count). The van der Waals surface area contributed by atoms with Crippen molar-refractivity contribution in [3.8, 4) is 0 Å². The van der Waals surface area contributed by atoms with E-state index in [2.05, 4.69) is 25.2 Å². The summed E-state index contributed by atoms with van der Waals surface area (Å²) in [5.41, 5.74) is 1.25. The minimum atomic E-state index is -0.688. The summed E-state index contributed by atoms with van der Waals surface area (Å²) in [5, 5.41) is 2.43. The molecule has 1 aliphatic heterocycles. The highest BCUT2D eigenvalue weighted by Gasteiger charge is 2.21. The third kappa shape index (κ3) is 4.31. The zero-order valence-corrected chi connectivity index (χ0v) is 17.9. The lowest BCUT2D eigenvalue weighted by Gasteiger charge is -2.24. The van der Waals surface area contributed by atoms with Crippen molar-refractivity contribution in [1.82, 2.24) is 25.2 Å². The number of hydrogen-bond acceptors (Lipinski definition) is 6. The summed E-state index contributed by atoms with van der Waals surface area (Å²) >= 11 is 0. The SMILES string of the molecule is CNC(=O)c1ccc(N2CCCN(Cc3ccc4nc(C)c(=O)[nH]c4c3F)CC2)c(F)n1. The molecule has 2 aromatic heterocycles. The molecule has 0 saturated carbocycles. The van der Waals surface area contributed by atoms with Crippen LogP contribution in [-0.2, 0) is 6.54 Å². The highest BCUT2D eigenvalue weighted by molar-refractivity contribution is 5.92. The Kier molecular flexibility index (Phi) is 6.13. The summed E-state index contributed by atoms with van der Waals surface area (Å²) in [6, 6.07) is 6.46. The fourth-order valence-electron chi connectivity index (χ4n) is 3.91. The number of carbonyl (C=O) groups is 1. The van der Waals surface area contributed by atoms with Gasteiger partial charge in [0.05, 0.1) is 11.2 Å². The van der Waals surface area contributed by atoms with Crippen LogP contribution in [-0.4, -0.2) is 59.0 Å². The number of benzene rings is 1. The standard InChI is InChI=1S/C22H24F2N6O2/c1-13-21(31)28-19-15(26-13)5-4-14(18(19)23)12-29-8-3-9-30(11-10-29)17-7-6-16(22(32)25-2)27-20(17)24/h4-7H,3,8-12H2,1-2H3,(H,25,32)(H,28,31). The second-order valence-electron chi connectivity index (χ2n) is 7.79. The number of carbonyl (C=O) groups excluding carboxylic acids is 1. The van der Waals surface area contributed by atoms with Crippen LogP contribution in [0.15, 0.2) is 29.1 Å². The first kappa shape index (κ1) is 21.8. The Labute approximate surface area is 183 Å². The van der Waals surface area contributed by atoms with Crippen LogP contribution in [0, 0.1) is 18.7 Å². The number of nitrogens with zero attached hydrogens (tertiary/aromatic N) is 4. The molecule has 0 atom stereocenters. The van der Waals surface area contributed by atoms with E-state index in [0.29, 0.717) is 55.2 Å². The van der Waals surface area contributed by atoms with Gasteiger partial charge in [0, 0.05) is 45.3 Å². The van der Waals surface area contributed by atoms with Gasteiger partial charge in [-0.1, -0.05) is 6.07 Å². The van der Waals surface area contributed by atoms with Gasteiger partial charge in [-0.05, 0) is 31.5 Å². The smallest absolute Gasteiger partial charge is 0.269 e. The molecule has 0 unspecified atom stereocenters. The summed E-state index contributed by atoms with van der Waals surface area (Å²) in [5.74, 6) is -1.61. The predicted octanol–water partition coefficient (Wildman–Crippen LogP) is 1.98. The predicted molar refractivity (Wildman–Crippen MR) is 117 cm³/mol. The van der Waals surface area contributed by atoms with Gasteiger partial charge in [0.2, 0.25) is 5.95 Å². The average Bonchev–Trinajstić information content (AvgIpc) is 3.02. The number of aromatic amines is 1. The van der Waals surface area contributed by atoms with E-state index in [1.165, 1.54) is 13.1 Å². The van der Waals surface area contributed by atoms with Gasteiger partial charge in [-0.3, -0.25) is 14.5 Å². The Balaban J connectivity index is 1.48. The van der Waals surface area contributed by atoms with Gasteiger partial charge in [0.15, 0.2) is 5.82 Å². The molecule has 3 heterocycles. The van der Waals surface area contributed by atoms with Crippen molar-refractivity contribution in [2.75, 3.05) is 38.1 Å². The third-order valence-corrected chi connectivity index (χ3v) is 5.67. The van der Waals surface area contributed by atoms with Gasteiger partial charge >= 0.3 is 0 Å². The van der Waals surface area contributed by atoms with E-state index >= 15 is 4.39 Å². The highest BCUT2D eigenvalue weighted by atomic mass is 19.1. The summed E-state index contributed by atoms with van der Waals surface area (Å²) in [6.45, 7) is 4.40. The number of anilines is 1. The zero-order chi connectivity index (χ0) is 22.8. The number of nitrogens with one attached hydrogen (secondary N) is 2. The number of pyridine rings is 1. The van der Waals surface area contributed by atoms with Crippen LogP contribution in [0.25, 0.3) is 11.0 Å². The van der Waals surface area contributed by atoms with Crippen LogP contribution in [0.1, 0.15) is 28.2 Å². The Morgan fingerprint density at radius 1 is 1.12 bits per heavy atom. The Bertz CT molecular complexity index is 1230. The van der Waals surface area contributed by atoms with Crippen molar-refractivity contribution in [3.05, 3.63) is 63.3 Å². The van der Waals surface area contributed by atoms with Crippen molar-refractivity contribution in [3.63, 3.8) is 0 Å². The molecule has 1 aliphatic rings. The topological polar surface area (TPSA) is 94.2 Å². The maximum atomic E-state index is 15.0. The molecule has 1 aromatic carbocycles. The van der Waals surface area contributed by atoms with Crippen molar-refractivity contribution < 1.29 is 13.6 Å².